The SMILES string of the molecule is O=c1[nH]c(=O)n(-c2cncnc2)c2c1oc1ccc(Cl)cc12. The third-order valence-corrected chi connectivity index (χ3v) is 3.52. The Hall–Kier alpha value is -2.93. The van der Waals surface area contributed by atoms with Gasteiger partial charge in [0.15, 0.2) is 0 Å². The second kappa shape index (κ2) is 4.54. The summed E-state index contributed by atoms with van der Waals surface area (Å²) >= 11 is 6.01. The first-order valence-corrected chi connectivity index (χ1v) is 6.65. The molecule has 4 rings (SSSR count). The van der Waals surface area contributed by atoms with E-state index in [9.17, 15) is 9.59 Å². The van der Waals surface area contributed by atoms with Crippen LogP contribution in [0, 0.1) is 0 Å². The van der Waals surface area contributed by atoms with Gasteiger partial charge in [0, 0.05) is 10.4 Å². The van der Waals surface area contributed by atoms with E-state index in [1.165, 1.54) is 23.3 Å². The molecule has 0 atom stereocenters. The molecule has 4 aromatic rings. The van der Waals surface area contributed by atoms with E-state index in [1.54, 1.807) is 18.2 Å². The highest BCUT2D eigenvalue weighted by atomic mass is 35.5. The molecule has 0 fully saturated rings. The second-order valence-electron chi connectivity index (χ2n) is 4.61. The van der Waals surface area contributed by atoms with Crippen molar-refractivity contribution in [2.24, 2.45) is 0 Å². The molecule has 3 heterocycles. The number of aromatic nitrogens is 4. The Morgan fingerprint density at radius 2 is 1.95 bits per heavy atom. The fourth-order valence-electron chi connectivity index (χ4n) is 2.40. The number of nitrogens with zero attached hydrogens (tertiary/aromatic N) is 3. The Labute approximate surface area is 126 Å². The number of benzene rings is 1. The number of furan rings is 1. The van der Waals surface area contributed by atoms with Crippen LogP contribution in [-0.2, 0) is 0 Å². The average molecular weight is 315 g/mol. The molecular weight excluding hydrogens is 308 g/mol. The molecule has 0 unspecified atom stereocenters. The summed E-state index contributed by atoms with van der Waals surface area (Å²) in [5.41, 5.74) is 0.0506. The van der Waals surface area contributed by atoms with Crippen LogP contribution in [0.5, 0.6) is 0 Å². The van der Waals surface area contributed by atoms with Crippen molar-refractivity contribution in [3.63, 3.8) is 0 Å². The van der Waals surface area contributed by atoms with Gasteiger partial charge in [-0.2, -0.15) is 0 Å². The molecule has 22 heavy (non-hydrogen) atoms. The molecule has 0 aliphatic heterocycles. The lowest BCUT2D eigenvalue weighted by Gasteiger charge is -2.05. The molecular formula is C14H7ClN4O3. The van der Waals surface area contributed by atoms with Gasteiger partial charge in [-0.3, -0.25) is 14.3 Å². The van der Waals surface area contributed by atoms with Gasteiger partial charge < -0.3 is 4.42 Å². The Morgan fingerprint density at radius 1 is 1.18 bits per heavy atom. The summed E-state index contributed by atoms with van der Waals surface area (Å²) in [6, 6.07) is 4.93. The third kappa shape index (κ3) is 1.76. The van der Waals surface area contributed by atoms with Crippen molar-refractivity contribution >= 4 is 33.7 Å². The van der Waals surface area contributed by atoms with Crippen LogP contribution in [0.4, 0.5) is 0 Å². The zero-order valence-electron chi connectivity index (χ0n) is 10.9. The van der Waals surface area contributed by atoms with Crippen molar-refractivity contribution in [3.05, 3.63) is 62.8 Å². The highest BCUT2D eigenvalue weighted by Crippen LogP contribution is 2.29. The summed E-state index contributed by atoms with van der Waals surface area (Å²) in [7, 11) is 0. The number of hydrogen-bond donors (Lipinski definition) is 1. The van der Waals surface area contributed by atoms with Gasteiger partial charge >= 0.3 is 5.69 Å². The van der Waals surface area contributed by atoms with Crippen LogP contribution in [0.15, 0.2) is 50.9 Å². The van der Waals surface area contributed by atoms with E-state index < -0.39 is 11.2 Å². The molecule has 0 amide bonds. The van der Waals surface area contributed by atoms with Crippen LogP contribution < -0.4 is 11.2 Å². The lowest BCUT2D eigenvalue weighted by molar-refractivity contribution is 0.658. The standard InChI is InChI=1S/C14H7ClN4O3/c15-7-1-2-10-9(3-7)11-12(22-10)13(20)18-14(21)19(11)8-4-16-6-17-5-8/h1-6H,(H,18,20,21). The van der Waals surface area contributed by atoms with E-state index >= 15 is 0 Å². The van der Waals surface area contributed by atoms with Crippen LogP contribution in [-0.4, -0.2) is 19.5 Å². The van der Waals surface area contributed by atoms with Crippen molar-refractivity contribution < 1.29 is 4.42 Å². The van der Waals surface area contributed by atoms with Gasteiger partial charge in [-0.05, 0) is 18.2 Å². The summed E-state index contributed by atoms with van der Waals surface area (Å²) in [5, 5.41) is 1.04. The Kier molecular flexibility index (Phi) is 2.64. The van der Waals surface area contributed by atoms with Crippen molar-refractivity contribution in [2.75, 3.05) is 0 Å². The number of halogens is 1. The van der Waals surface area contributed by atoms with Crippen molar-refractivity contribution in [2.45, 2.75) is 0 Å². The Bertz CT molecular complexity index is 1130. The molecule has 0 aliphatic carbocycles. The molecule has 0 bridgehead atoms. The average Bonchev–Trinajstić information content (AvgIpc) is 2.88. The van der Waals surface area contributed by atoms with Gasteiger partial charge in [-0.15, -0.1) is 0 Å². The van der Waals surface area contributed by atoms with Crippen LogP contribution >= 0.6 is 11.6 Å². The first-order chi connectivity index (χ1) is 10.6. The third-order valence-electron chi connectivity index (χ3n) is 3.28. The molecule has 0 saturated carbocycles. The summed E-state index contributed by atoms with van der Waals surface area (Å²) in [4.78, 5) is 34.3. The number of aromatic amines is 1. The smallest absolute Gasteiger partial charge is 0.333 e. The number of fused-ring (bicyclic) bond motifs is 3. The van der Waals surface area contributed by atoms with Crippen molar-refractivity contribution in [3.8, 4) is 5.69 Å². The van der Waals surface area contributed by atoms with E-state index in [4.69, 9.17) is 16.0 Å². The topological polar surface area (TPSA) is 93.8 Å². The fraction of sp³-hybridized carbons (Fsp3) is 0. The highest BCUT2D eigenvalue weighted by Gasteiger charge is 2.17. The summed E-state index contributed by atoms with van der Waals surface area (Å²) in [6.45, 7) is 0. The van der Waals surface area contributed by atoms with E-state index in [1.807, 2.05) is 0 Å². The monoisotopic (exact) mass is 314 g/mol. The maximum absolute atomic E-state index is 12.3. The minimum atomic E-state index is -0.602. The van der Waals surface area contributed by atoms with Gasteiger partial charge in [0.05, 0.1) is 18.1 Å². The van der Waals surface area contributed by atoms with Gasteiger partial charge in [0.25, 0.3) is 5.56 Å². The molecule has 108 valence electrons. The first kappa shape index (κ1) is 12.8. The van der Waals surface area contributed by atoms with Crippen molar-refractivity contribution in [1.29, 1.82) is 0 Å². The predicted molar refractivity (Wildman–Crippen MR) is 80.5 cm³/mol. The minimum Gasteiger partial charge on any atom is -0.449 e. The van der Waals surface area contributed by atoms with Gasteiger partial charge in [-0.1, -0.05) is 11.6 Å². The van der Waals surface area contributed by atoms with E-state index in [-0.39, 0.29) is 5.58 Å². The molecule has 7 nitrogen and oxygen atoms in total. The molecule has 0 saturated heterocycles. The Balaban J connectivity index is 2.30. The van der Waals surface area contributed by atoms with Crippen LogP contribution in [0.2, 0.25) is 5.02 Å². The second-order valence-corrected chi connectivity index (χ2v) is 5.05. The van der Waals surface area contributed by atoms with Crippen LogP contribution in [0.1, 0.15) is 0 Å². The maximum Gasteiger partial charge on any atom is 0.333 e. The summed E-state index contributed by atoms with van der Waals surface area (Å²) in [6.07, 6.45) is 4.28. The largest absolute Gasteiger partial charge is 0.449 e. The lowest BCUT2D eigenvalue weighted by atomic mass is 10.2. The van der Waals surface area contributed by atoms with Gasteiger partial charge in [-0.25, -0.2) is 14.8 Å². The quantitative estimate of drug-likeness (QED) is 0.579. The molecule has 0 radical (unpaired) electrons. The van der Waals surface area contributed by atoms with Gasteiger partial charge in [0.2, 0.25) is 5.58 Å². The Morgan fingerprint density at radius 3 is 2.73 bits per heavy atom. The molecule has 0 aliphatic rings. The number of hydrogen-bond acceptors (Lipinski definition) is 5. The zero-order valence-corrected chi connectivity index (χ0v) is 11.7. The molecule has 8 heteroatoms. The van der Waals surface area contributed by atoms with E-state index in [0.29, 0.717) is 27.2 Å². The summed E-state index contributed by atoms with van der Waals surface area (Å²) in [5.74, 6) is 0. The van der Waals surface area contributed by atoms with E-state index in [2.05, 4.69) is 15.0 Å². The number of rotatable bonds is 1. The molecule has 1 aromatic carbocycles. The van der Waals surface area contributed by atoms with Crippen LogP contribution in [0.25, 0.3) is 27.8 Å². The molecule has 3 aromatic heterocycles. The van der Waals surface area contributed by atoms with Gasteiger partial charge in [0.1, 0.15) is 17.4 Å². The number of H-pyrrole nitrogens is 1. The normalized spacial score (nSPS) is 11.3. The fourth-order valence-corrected chi connectivity index (χ4v) is 2.57. The highest BCUT2D eigenvalue weighted by molar-refractivity contribution is 6.31. The van der Waals surface area contributed by atoms with E-state index in [0.717, 1.165) is 0 Å². The zero-order chi connectivity index (χ0) is 15.3. The predicted octanol–water partition coefficient (Wildman–Crippen LogP) is 1.87. The van der Waals surface area contributed by atoms with Crippen LogP contribution in [0.3, 0.4) is 0 Å². The molecule has 1 N–H and O–H groups in total. The lowest BCUT2D eigenvalue weighted by Crippen LogP contribution is -2.28. The number of nitrogens with one attached hydrogen (secondary N) is 1. The molecule has 0 spiro atoms. The maximum atomic E-state index is 12.3. The first-order valence-electron chi connectivity index (χ1n) is 6.27. The van der Waals surface area contributed by atoms with Crippen molar-refractivity contribution in [1.82, 2.24) is 19.5 Å². The minimum absolute atomic E-state index is 0.0423. The summed E-state index contributed by atoms with van der Waals surface area (Å²) < 4.78 is 6.84.